The Morgan fingerprint density at radius 3 is 2.40 bits per heavy atom. The zero-order chi connectivity index (χ0) is 14.1. The molecule has 0 N–H and O–H groups in total. The predicted molar refractivity (Wildman–Crippen MR) is 78.9 cm³/mol. The topological polar surface area (TPSA) is 34.1 Å². The molecule has 0 radical (unpaired) electrons. The van der Waals surface area contributed by atoms with Crippen LogP contribution in [0.3, 0.4) is 0 Å². The molecule has 0 saturated heterocycles. The summed E-state index contributed by atoms with van der Waals surface area (Å²) < 4.78 is 0. The van der Waals surface area contributed by atoms with Crippen LogP contribution in [0.5, 0.6) is 0 Å². The number of hydrogen-bond donors (Lipinski definition) is 0. The van der Waals surface area contributed by atoms with Gasteiger partial charge in [0, 0.05) is 24.0 Å². The van der Waals surface area contributed by atoms with Gasteiger partial charge in [0.1, 0.15) is 5.78 Å². The molecule has 0 bridgehead atoms. The molecule has 2 heteroatoms. The molecule has 0 heterocycles. The van der Waals surface area contributed by atoms with Gasteiger partial charge in [0.25, 0.3) is 0 Å². The SMILES string of the molecule is CCC(=O)CCc1ccc2c(c1)C(=O)c1ccccc1-2. The second-order valence-electron chi connectivity index (χ2n) is 5.15. The van der Waals surface area contributed by atoms with Crippen LogP contribution in [0.4, 0.5) is 0 Å². The van der Waals surface area contributed by atoms with Crippen molar-refractivity contribution >= 4 is 11.6 Å². The number of aryl methyl sites for hydroxylation is 1. The molecule has 1 aliphatic rings. The Balaban J connectivity index is 1.92. The molecule has 0 unspecified atom stereocenters. The fourth-order valence-electron chi connectivity index (χ4n) is 2.69. The molecule has 0 amide bonds. The van der Waals surface area contributed by atoms with E-state index in [1.807, 2.05) is 49.4 Å². The van der Waals surface area contributed by atoms with Crippen LogP contribution >= 0.6 is 0 Å². The Bertz CT molecular complexity index is 698. The minimum atomic E-state index is 0.0965. The highest BCUT2D eigenvalue weighted by molar-refractivity contribution is 6.21. The molecule has 0 saturated carbocycles. The minimum Gasteiger partial charge on any atom is -0.300 e. The number of rotatable bonds is 4. The largest absolute Gasteiger partial charge is 0.300 e. The van der Waals surface area contributed by atoms with Gasteiger partial charge in [-0.1, -0.05) is 43.3 Å². The summed E-state index contributed by atoms with van der Waals surface area (Å²) in [5.41, 5.74) is 4.64. The summed E-state index contributed by atoms with van der Waals surface area (Å²) in [5.74, 6) is 0.361. The third kappa shape index (κ3) is 2.07. The minimum absolute atomic E-state index is 0.0965. The molecule has 2 aromatic carbocycles. The Labute approximate surface area is 118 Å². The lowest BCUT2D eigenvalue weighted by atomic mass is 10.00. The molecule has 2 nitrogen and oxygen atoms in total. The summed E-state index contributed by atoms with van der Waals surface area (Å²) in [6.45, 7) is 1.88. The molecule has 0 aromatic heterocycles. The van der Waals surface area contributed by atoms with Crippen molar-refractivity contribution in [2.75, 3.05) is 0 Å². The lowest BCUT2D eigenvalue weighted by Crippen LogP contribution is -2.00. The number of hydrogen-bond acceptors (Lipinski definition) is 2. The smallest absolute Gasteiger partial charge is 0.194 e. The fraction of sp³-hybridized carbons (Fsp3) is 0.222. The highest BCUT2D eigenvalue weighted by atomic mass is 16.1. The lowest BCUT2D eigenvalue weighted by molar-refractivity contribution is -0.118. The molecule has 1 aliphatic carbocycles. The van der Waals surface area contributed by atoms with Crippen molar-refractivity contribution < 1.29 is 9.59 Å². The van der Waals surface area contributed by atoms with E-state index in [2.05, 4.69) is 0 Å². The van der Waals surface area contributed by atoms with Gasteiger partial charge in [0.2, 0.25) is 0 Å². The average Bonchev–Trinajstić information content (AvgIpc) is 2.78. The van der Waals surface area contributed by atoms with Crippen LogP contribution in [0.15, 0.2) is 42.5 Å². The zero-order valence-electron chi connectivity index (χ0n) is 11.5. The first kappa shape index (κ1) is 12.8. The summed E-state index contributed by atoms with van der Waals surface area (Å²) in [7, 11) is 0. The Hall–Kier alpha value is -2.22. The van der Waals surface area contributed by atoms with Gasteiger partial charge in [-0.3, -0.25) is 9.59 Å². The third-order valence-corrected chi connectivity index (χ3v) is 3.88. The molecule has 0 atom stereocenters. The van der Waals surface area contributed by atoms with E-state index < -0.39 is 0 Å². The highest BCUT2D eigenvalue weighted by Crippen LogP contribution is 2.36. The summed E-state index contributed by atoms with van der Waals surface area (Å²) >= 11 is 0. The normalized spacial score (nSPS) is 12.2. The van der Waals surface area contributed by atoms with Crippen molar-refractivity contribution in [2.24, 2.45) is 0 Å². The van der Waals surface area contributed by atoms with E-state index >= 15 is 0 Å². The van der Waals surface area contributed by atoms with Gasteiger partial charge in [-0.2, -0.15) is 0 Å². The highest BCUT2D eigenvalue weighted by Gasteiger charge is 2.26. The van der Waals surface area contributed by atoms with Crippen molar-refractivity contribution in [2.45, 2.75) is 26.2 Å². The summed E-state index contributed by atoms with van der Waals surface area (Å²) in [4.78, 5) is 23.8. The molecule has 0 spiro atoms. The van der Waals surface area contributed by atoms with E-state index in [1.165, 1.54) is 0 Å². The maximum absolute atomic E-state index is 12.4. The van der Waals surface area contributed by atoms with Crippen LogP contribution in [0.25, 0.3) is 11.1 Å². The van der Waals surface area contributed by atoms with Gasteiger partial charge in [-0.05, 0) is 29.2 Å². The number of Topliss-reactive ketones (excluding diaryl/α,β-unsaturated/α-hetero) is 1. The van der Waals surface area contributed by atoms with E-state index in [0.29, 0.717) is 19.3 Å². The van der Waals surface area contributed by atoms with E-state index in [9.17, 15) is 9.59 Å². The van der Waals surface area contributed by atoms with Crippen LogP contribution in [0, 0.1) is 0 Å². The molecule has 2 aromatic rings. The van der Waals surface area contributed by atoms with Crippen LogP contribution in [-0.4, -0.2) is 11.6 Å². The second kappa shape index (κ2) is 5.04. The van der Waals surface area contributed by atoms with Crippen LogP contribution in [-0.2, 0) is 11.2 Å². The van der Waals surface area contributed by atoms with Crippen molar-refractivity contribution in [3.05, 3.63) is 59.2 Å². The maximum Gasteiger partial charge on any atom is 0.194 e. The lowest BCUT2D eigenvalue weighted by Gasteiger charge is -2.04. The van der Waals surface area contributed by atoms with Gasteiger partial charge < -0.3 is 0 Å². The number of carbonyl (C=O) groups excluding carboxylic acids is 2. The van der Waals surface area contributed by atoms with Crippen LogP contribution in [0.2, 0.25) is 0 Å². The molecular formula is C18H16O2. The van der Waals surface area contributed by atoms with Crippen LogP contribution in [0.1, 0.15) is 41.3 Å². The second-order valence-corrected chi connectivity index (χ2v) is 5.15. The first-order valence-corrected chi connectivity index (χ1v) is 6.99. The number of ketones is 2. The zero-order valence-corrected chi connectivity index (χ0v) is 11.5. The molecular weight excluding hydrogens is 248 g/mol. The number of carbonyl (C=O) groups is 2. The van der Waals surface area contributed by atoms with E-state index in [1.54, 1.807) is 0 Å². The maximum atomic E-state index is 12.4. The average molecular weight is 264 g/mol. The quantitative estimate of drug-likeness (QED) is 0.718. The molecule has 3 rings (SSSR count). The van der Waals surface area contributed by atoms with Crippen LogP contribution < -0.4 is 0 Å². The van der Waals surface area contributed by atoms with Gasteiger partial charge in [0.15, 0.2) is 5.78 Å². The third-order valence-electron chi connectivity index (χ3n) is 3.88. The van der Waals surface area contributed by atoms with Crippen molar-refractivity contribution in [1.29, 1.82) is 0 Å². The van der Waals surface area contributed by atoms with E-state index in [4.69, 9.17) is 0 Å². The summed E-state index contributed by atoms with van der Waals surface area (Å²) in [6.07, 6.45) is 1.84. The van der Waals surface area contributed by atoms with E-state index in [-0.39, 0.29) is 11.6 Å². The fourth-order valence-corrected chi connectivity index (χ4v) is 2.69. The summed E-state index contributed by atoms with van der Waals surface area (Å²) in [5, 5.41) is 0. The first-order chi connectivity index (χ1) is 9.70. The monoisotopic (exact) mass is 264 g/mol. The first-order valence-electron chi connectivity index (χ1n) is 6.99. The Morgan fingerprint density at radius 1 is 0.950 bits per heavy atom. The standard InChI is InChI=1S/C18H16O2/c1-2-13(19)9-7-12-8-10-15-14-5-3-4-6-16(14)18(20)17(15)11-12/h3-6,8,10-11H,2,7,9H2,1H3. The number of benzene rings is 2. The molecule has 20 heavy (non-hydrogen) atoms. The van der Waals surface area contributed by atoms with Gasteiger partial charge in [0.05, 0.1) is 0 Å². The van der Waals surface area contributed by atoms with Gasteiger partial charge >= 0.3 is 0 Å². The molecule has 0 fully saturated rings. The molecule has 100 valence electrons. The van der Waals surface area contributed by atoms with Crippen molar-refractivity contribution in [1.82, 2.24) is 0 Å². The Kier molecular flexibility index (Phi) is 3.23. The van der Waals surface area contributed by atoms with Gasteiger partial charge in [-0.25, -0.2) is 0 Å². The molecule has 0 aliphatic heterocycles. The van der Waals surface area contributed by atoms with E-state index in [0.717, 1.165) is 27.8 Å². The van der Waals surface area contributed by atoms with Gasteiger partial charge in [-0.15, -0.1) is 0 Å². The van der Waals surface area contributed by atoms with Crippen molar-refractivity contribution in [3.8, 4) is 11.1 Å². The van der Waals surface area contributed by atoms with Crippen molar-refractivity contribution in [3.63, 3.8) is 0 Å². The Morgan fingerprint density at radius 2 is 1.65 bits per heavy atom. The number of fused-ring (bicyclic) bond motifs is 3. The summed E-state index contributed by atoms with van der Waals surface area (Å²) in [6, 6.07) is 13.7. The predicted octanol–water partition coefficient (Wildman–Crippen LogP) is 3.81.